The molecule has 0 aromatic carbocycles. The zero-order valence-electron chi connectivity index (χ0n) is 7.14. The van der Waals surface area contributed by atoms with E-state index in [0.717, 1.165) is 18.9 Å². The van der Waals surface area contributed by atoms with Crippen molar-refractivity contribution in [3.05, 3.63) is 0 Å². The van der Waals surface area contributed by atoms with E-state index < -0.39 is 0 Å². The molecule has 1 atom stereocenters. The van der Waals surface area contributed by atoms with Gasteiger partial charge in [-0.25, -0.2) is 0 Å². The number of nitriles is 1. The highest BCUT2D eigenvalue weighted by atomic mass is 14.9. The van der Waals surface area contributed by atoms with E-state index in [-0.39, 0.29) is 6.04 Å². The first-order valence-corrected chi connectivity index (χ1v) is 4.49. The second-order valence-corrected chi connectivity index (χ2v) is 3.28. The predicted octanol–water partition coefficient (Wildman–Crippen LogP) is 1.68. The molecule has 0 spiro atoms. The Balaban J connectivity index is 1.95. The topological polar surface area (TPSA) is 35.8 Å². The SMILES string of the molecule is CCC(C#N)NCCC1CC1. The van der Waals surface area contributed by atoms with Crippen LogP contribution >= 0.6 is 0 Å². The molecule has 1 unspecified atom stereocenters. The Hall–Kier alpha value is -0.550. The van der Waals surface area contributed by atoms with Crippen molar-refractivity contribution in [3.8, 4) is 6.07 Å². The summed E-state index contributed by atoms with van der Waals surface area (Å²) in [6.45, 7) is 3.06. The summed E-state index contributed by atoms with van der Waals surface area (Å²) < 4.78 is 0. The molecule has 0 heterocycles. The normalized spacial score (nSPS) is 19.3. The predicted molar refractivity (Wildman–Crippen MR) is 45.0 cm³/mol. The molecule has 2 nitrogen and oxygen atoms in total. The van der Waals surface area contributed by atoms with E-state index in [1.54, 1.807) is 0 Å². The molecule has 0 aliphatic heterocycles. The first kappa shape index (κ1) is 8.55. The minimum absolute atomic E-state index is 0.0775. The lowest BCUT2D eigenvalue weighted by Gasteiger charge is -2.07. The van der Waals surface area contributed by atoms with Crippen molar-refractivity contribution in [1.29, 1.82) is 5.26 Å². The van der Waals surface area contributed by atoms with Gasteiger partial charge in [0.25, 0.3) is 0 Å². The molecule has 1 saturated carbocycles. The van der Waals surface area contributed by atoms with E-state index in [2.05, 4.69) is 11.4 Å². The van der Waals surface area contributed by atoms with Gasteiger partial charge in [-0.15, -0.1) is 0 Å². The smallest absolute Gasteiger partial charge is 0.0950 e. The highest BCUT2D eigenvalue weighted by molar-refractivity contribution is 4.88. The second kappa shape index (κ2) is 4.35. The molecule has 11 heavy (non-hydrogen) atoms. The number of hydrogen-bond donors (Lipinski definition) is 1. The summed E-state index contributed by atoms with van der Waals surface area (Å²) >= 11 is 0. The highest BCUT2D eigenvalue weighted by Gasteiger charge is 2.20. The maximum absolute atomic E-state index is 8.59. The molecule has 0 aromatic rings. The summed E-state index contributed by atoms with van der Waals surface area (Å²) in [6, 6.07) is 2.31. The van der Waals surface area contributed by atoms with E-state index in [4.69, 9.17) is 5.26 Å². The van der Waals surface area contributed by atoms with Gasteiger partial charge < -0.3 is 5.32 Å². The Kier molecular flexibility index (Phi) is 3.38. The van der Waals surface area contributed by atoms with Gasteiger partial charge in [0.1, 0.15) is 0 Å². The van der Waals surface area contributed by atoms with Crippen LogP contribution < -0.4 is 5.32 Å². The number of nitrogens with zero attached hydrogens (tertiary/aromatic N) is 1. The van der Waals surface area contributed by atoms with Crippen LogP contribution in [0.25, 0.3) is 0 Å². The molecule has 1 aliphatic carbocycles. The summed E-state index contributed by atoms with van der Waals surface area (Å²) in [4.78, 5) is 0. The van der Waals surface area contributed by atoms with Crippen LogP contribution in [0.2, 0.25) is 0 Å². The molecule has 1 fully saturated rings. The van der Waals surface area contributed by atoms with Crippen LogP contribution in [0, 0.1) is 17.2 Å². The van der Waals surface area contributed by atoms with Gasteiger partial charge in [0.15, 0.2) is 0 Å². The van der Waals surface area contributed by atoms with Crippen LogP contribution in [-0.4, -0.2) is 12.6 Å². The molecular formula is C9H16N2. The van der Waals surface area contributed by atoms with Crippen molar-refractivity contribution in [2.75, 3.05) is 6.54 Å². The van der Waals surface area contributed by atoms with Crippen molar-refractivity contribution in [1.82, 2.24) is 5.32 Å². The Morgan fingerprint density at radius 1 is 1.64 bits per heavy atom. The molecule has 0 aromatic heterocycles. The van der Waals surface area contributed by atoms with E-state index >= 15 is 0 Å². The summed E-state index contributed by atoms with van der Waals surface area (Å²) in [5.74, 6) is 0.971. The molecule has 62 valence electrons. The van der Waals surface area contributed by atoms with Crippen LogP contribution in [0.1, 0.15) is 32.6 Å². The lowest BCUT2D eigenvalue weighted by Crippen LogP contribution is -2.27. The van der Waals surface area contributed by atoms with Gasteiger partial charge in [0.2, 0.25) is 0 Å². The zero-order chi connectivity index (χ0) is 8.10. The Morgan fingerprint density at radius 3 is 2.82 bits per heavy atom. The Morgan fingerprint density at radius 2 is 2.36 bits per heavy atom. The first-order valence-electron chi connectivity index (χ1n) is 4.49. The fraction of sp³-hybridized carbons (Fsp3) is 0.889. The molecule has 0 amide bonds. The molecule has 0 bridgehead atoms. The summed E-state index contributed by atoms with van der Waals surface area (Å²) in [5.41, 5.74) is 0. The minimum atomic E-state index is 0.0775. The zero-order valence-corrected chi connectivity index (χ0v) is 7.14. The number of nitrogens with one attached hydrogen (secondary N) is 1. The van der Waals surface area contributed by atoms with Crippen LogP contribution in [0.4, 0.5) is 0 Å². The van der Waals surface area contributed by atoms with Gasteiger partial charge >= 0.3 is 0 Å². The van der Waals surface area contributed by atoms with Crippen molar-refractivity contribution >= 4 is 0 Å². The maximum atomic E-state index is 8.59. The molecule has 2 heteroatoms. The van der Waals surface area contributed by atoms with Gasteiger partial charge in [-0.1, -0.05) is 19.8 Å². The van der Waals surface area contributed by atoms with Crippen LogP contribution in [0.3, 0.4) is 0 Å². The van der Waals surface area contributed by atoms with Crippen molar-refractivity contribution < 1.29 is 0 Å². The molecule has 1 aliphatic rings. The Bertz CT molecular complexity index is 144. The average Bonchev–Trinajstić information content (AvgIpc) is 2.82. The van der Waals surface area contributed by atoms with Gasteiger partial charge in [-0.05, 0) is 25.3 Å². The monoisotopic (exact) mass is 152 g/mol. The van der Waals surface area contributed by atoms with E-state index in [1.807, 2.05) is 6.92 Å². The first-order chi connectivity index (χ1) is 5.36. The van der Waals surface area contributed by atoms with Crippen molar-refractivity contribution in [2.24, 2.45) is 5.92 Å². The molecule has 0 radical (unpaired) electrons. The van der Waals surface area contributed by atoms with E-state index in [0.29, 0.717) is 0 Å². The number of rotatable bonds is 5. The third kappa shape index (κ3) is 3.38. The van der Waals surface area contributed by atoms with Crippen molar-refractivity contribution in [3.63, 3.8) is 0 Å². The lowest BCUT2D eigenvalue weighted by atomic mass is 10.2. The van der Waals surface area contributed by atoms with E-state index in [1.165, 1.54) is 19.3 Å². The Labute approximate surface area is 68.6 Å². The van der Waals surface area contributed by atoms with Crippen molar-refractivity contribution in [2.45, 2.75) is 38.6 Å². The third-order valence-corrected chi connectivity index (χ3v) is 2.20. The highest BCUT2D eigenvalue weighted by Crippen LogP contribution is 2.31. The van der Waals surface area contributed by atoms with E-state index in [9.17, 15) is 0 Å². The summed E-state index contributed by atoms with van der Waals surface area (Å²) in [7, 11) is 0. The fourth-order valence-electron chi connectivity index (χ4n) is 1.15. The average molecular weight is 152 g/mol. The molecular weight excluding hydrogens is 136 g/mol. The van der Waals surface area contributed by atoms with Gasteiger partial charge in [0.05, 0.1) is 12.1 Å². The fourth-order valence-corrected chi connectivity index (χ4v) is 1.15. The molecule has 0 saturated heterocycles. The molecule has 1 N–H and O–H groups in total. The summed E-state index contributed by atoms with van der Waals surface area (Å²) in [6.07, 6.45) is 5.00. The standard InChI is InChI=1S/C9H16N2/c1-2-9(7-10)11-6-5-8-3-4-8/h8-9,11H,2-6H2,1H3. The largest absolute Gasteiger partial charge is 0.302 e. The summed E-state index contributed by atoms with van der Waals surface area (Å²) in [5, 5.41) is 11.8. The van der Waals surface area contributed by atoms with Crippen LogP contribution in [0.15, 0.2) is 0 Å². The minimum Gasteiger partial charge on any atom is -0.302 e. The second-order valence-electron chi connectivity index (χ2n) is 3.28. The van der Waals surface area contributed by atoms with Gasteiger partial charge in [0, 0.05) is 0 Å². The van der Waals surface area contributed by atoms with Gasteiger partial charge in [-0.2, -0.15) is 5.26 Å². The molecule has 1 rings (SSSR count). The quantitative estimate of drug-likeness (QED) is 0.650. The lowest BCUT2D eigenvalue weighted by molar-refractivity contribution is 0.551. The number of hydrogen-bond acceptors (Lipinski definition) is 2. The third-order valence-electron chi connectivity index (χ3n) is 2.20. The maximum Gasteiger partial charge on any atom is 0.0950 e. The van der Waals surface area contributed by atoms with Gasteiger partial charge in [-0.3, -0.25) is 0 Å². The van der Waals surface area contributed by atoms with Crippen LogP contribution in [0.5, 0.6) is 0 Å². The van der Waals surface area contributed by atoms with Crippen LogP contribution in [-0.2, 0) is 0 Å².